The molecule has 7 heteroatoms. The van der Waals surface area contributed by atoms with Crippen LogP contribution in [0, 0.1) is 0 Å². The lowest BCUT2D eigenvalue weighted by Crippen LogP contribution is -2.38. The van der Waals surface area contributed by atoms with Gasteiger partial charge in [-0.2, -0.15) is 0 Å². The molecule has 172 valence electrons. The van der Waals surface area contributed by atoms with E-state index < -0.39 is 0 Å². The maximum Gasteiger partial charge on any atom is 0.253 e. The quantitative estimate of drug-likeness (QED) is 0.381. The number of pyridine rings is 1. The number of carbonyl (C=O) groups excluding carboxylic acids is 1. The highest BCUT2D eigenvalue weighted by atomic mass is 16.2. The lowest BCUT2D eigenvalue weighted by Gasteiger charge is -2.32. The molecule has 6 rings (SSSR count). The number of para-hydroxylation sites is 1. The van der Waals surface area contributed by atoms with Gasteiger partial charge in [-0.1, -0.05) is 54.6 Å². The molecule has 0 N–H and O–H groups in total. The molecule has 2 aromatic heterocycles. The highest BCUT2D eigenvalue weighted by Crippen LogP contribution is 2.32. The fourth-order valence-corrected chi connectivity index (χ4v) is 4.96. The number of aromatic nitrogens is 5. The summed E-state index contributed by atoms with van der Waals surface area (Å²) in [5, 5.41) is 12.7. The van der Waals surface area contributed by atoms with Crippen LogP contribution in [0.1, 0.15) is 34.7 Å². The molecule has 3 heterocycles. The van der Waals surface area contributed by atoms with Crippen LogP contribution in [0.2, 0.25) is 0 Å². The van der Waals surface area contributed by atoms with E-state index >= 15 is 0 Å². The van der Waals surface area contributed by atoms with Crippen molar-refractivity contribution in [1.29, 1.82) is 0 Å². The van der Waals surface area contributed by atoms with Crippen LogP contribution in [0.5, 0.6) is 0 Å². The first-order valence-electron chi connectivity index (χ1n) is 11.8. The van der Waals surface area contributed by atoms with Gasteiger partial charge in [0.05, 0.1) is 11.2 Å². The van der Waals surface area contributed by atoms with E-state index in [1.807, 2.05) is 59.5 Å². The molecule has 35 heavy (non-hydrogen) atoms. The third-order valence-corrected chi connectivity index (χ3v) is 6.78. The molecule has 3 aromatic carbocycles. The van der Waals surface area contributed by atoms with E-state index in [1.54, 1.807) is 17.2 Å². The van der Waals surface area contributed by atoms with Crippen molar-refractivity contribution in [3.63, 3.8) is 0 Å². The molecule has 0 bridgehead atoms. The average Bonchev–Trinajstić information content (AvgIpc) is 3.48. The molecule has 1 fully saturated rings. The van der Waals surface area contributed by atoms with Crippen molar-refractivity contribution in [3.05, 3.63) is 103 Å². The number of rotatable bonds is 4. The second-order valence-corrected chi connectivity index (χ2v) is 8.88. The van der Waals surface area contributed by atoms with Crippen molar-refractivity contribution in [1.82, 2.24) is 30.1 Å². The summed E-state index contributed by atoms with van der Waals surface area (Å²) >= 11 is 0. The van der Waals surface area contributed by atoms with Crippen LogP contribution in [-0.4, -0.2) is 49.1 Å². The van der Waals surface area contributed by atoms with Gasteiger partial charge in [-0.3, -0.25) is 9.78 Å². The molecule has 1 aliphatic heterocycles. The number of fused-ring (bicyclic) bond motifs is 1. The molecule has 0 spiro atoms. The predicted octanol–water partition coefficient (Wildman–Crippen LogP) is 4.90. The number of benzene rings is 3. The smallest absolute Gasteiger partial charge is 0.253 e. The van der Waals surface area contributed by atoms with Gasteiger partial charge in [-0.15, -0.1) is 5.10 Å². The minimum absolute atomic E-state index is 0.0286. The van der Waals surface area contributed by atoms with Gasteiger partial charge in [0.25, 0.3) is 5.91 Å². The zero-order chi connectivity index (χ0) is 23.6. The first kappa shape index (κ1) is 21.2. The Balaban J connectivity index is 1.35. The topological polar surface area (TPSA) is 76.8 Å². The Hall–Kier alpha value is -4.39. The number of piperidine rings is 1. The van der Waals surface area contributed by atoms with E-state index in [2.05, 4.69) is 44.8 Å². The second-order valence-electron chi connectivity index (χ2n) is 8.88. The number of hydrogen-bond acceptors (Lipinski definition) is 5. The van der Waals surface area contributed by atoms with Gasteiger partial charge in [-0.05, 0) is 64.6 Å². The first-order valence-corrected chi connectivity index (χ1v) is 11.8. The van der Waals surface area contributed by atoms with Gasteiger partial charge in [-0.25, -0.2) is 4.68 Å². The van der Waals surface area contributed by atoms with Crippen molar-refractivity contribution >= 4 is 16.8 Å². The van der Waals surface area contributed by atoms with E-state index in [0.717, 1.165) is 53.6 Å². The number of nitrogens with zero attached hydrogens (tertiary/aromatic N) is 6. The Morgan fingerprint density at radius 2 is 1.71 bits per heavy atom. The molecular formula is C28H24N6O. The summed E-state index contributed by atoms with van der Waals surface area (Å²) in [5.74, 6) is 0.519. The average molecular weight is 461 g/mol. The van der Waals surface area contributed by atoms with Crippen molar-refractivity contribution in [2.24, 2.45) is 0 Å². The number of carbonyl (C=O) groups is 1. The van der Waals surface area contributed by atoms with E-state index in [1.165, 1.54) is 5.56 Å². The molecular weight excluding hydrogens is 436 g/mol. The molecule has 0 aliphatic carbocycles. The molecule has 0 unspecified atom stereocenters. The largest absolute Gasteiger partial charge is 0.339 e. The molecule has 5 aromatic rings. The highest BCUT2D eigenvalue weighted by Gasteiger charge is 2.25. The van der Waals surface area contributed by atoms with Crippen LogP contribution < -0.4 is 0 Å². The minimum atomic E-state index is 0.0286. The summed E-state index contributed by atoms with van der Waals surface area (Å²) in [4.78, 5) is 20.2. The molecule has 1 amide bonds. The third kappa shape index (κ3) is 4.17. The zero-order valence-corrected chi connectivity index (χ0v) is 19.2. The van der Waals surface area contributed by atoms with Crippen LogP contribution in [0.3, 0.4) is 0 Å². The van der Waals surface area contributed by atoms with Crippen molar-refractivity contribution in [2.75, 3.05) is 13.1 Å². The summed E-state index contributed by atoms with van der Waals surface area (Å²) in [6.07, 6.45) is 5.26. The van der Waals surface area contributed by atoms with Gasteiger partial charge in [0, 0.05) is 35.8 Å². The fraction of sp³-hybridized carbons (Fsp3) is 0.179. The van der Waals surface area contributed by atoms with Crippen LogP contribution in [0.4, 0.5) is 0 Å². The Morgan fingerprint density at radius 3 is 2.51 bits per heavy atom. The molecule has 7 nitrogen and oxygen atoms in total. The monoisotopic (exact) mass is 460 g/mol. The van der Waals surface area contributed by atoms with E-state index in [4.69, 9.17) is 0 Å². The Kier molecular flexibility index (Phi) is 5.50. The maximum atomic E-state index is 13.7. The highest BCUT2D eigenvalue weighted by molar-refractivity contribution is 5.99. The Labute approximate surface area is 203 Å². The van der Waals surface area contributed by atoms with Gasteiger partial charge in [0.15, 0.2) is 0 Å². The van der Waals surface area contributed by atoms with Gasteiger partial charge in [0.2, 0.25) is 0 Å². The van der Waals surface area contributed by atoms with Crippen LogP contribution in [0.25, 0.3) is 27.7 Å². The van der Waals surface area contributed by atoms with E-state index in [9.17, 15) is 4.79 Å². The van der Waals surface area contributed by atoms with E-state index in [-0.39, 0.29) is 5.91 Å². The van der Waals surface area contributed by atoms with Crippen LogP contribution >= 0.6 is 0 Å². The number of tetrazole rings is 1. The van der Waals surface area contributed by atoms with Crippen LogP contribution in [0.15, 0.2) is 91.4 Å². The number of likely N-dealkylation sites (tertiary alicyclic amines) is 1. The van der Waals surface area contributed by atoms with Gasteiger partial charge in [0.1, 0.15) is 6.33 Å². The standard InChI is InChI=1S/C28H24N6O/c35-28(33-14-11-21(12-15-33)20-6-2-1-3-7-20)24-16-23(17-25(18-24)34-19-30-31-32-34)26-10-4-8-22-9-5-13-29-27(22)26/h1-10,13,16-19,21H,11-12,14-15H2. The normalized spacial score (nSPS) is 14.3. The lowest BCUT2D eigenvalue weighted by molar-refractivity contribution is 0.0713. The summed E-state index contributed by atoms with van der Waals surface area (Å²) in [5.41, 5.74) is 5.48. The van der Waals surface area contributed by atoms with Crippen LogP contribution in [-0.2, 0) is 0 Å². The van der Waals surface area contributed by atoms with Gasteiger partial charge < -0.3 is 4.90 Å². The first-order chi connectivity index (χ1) is 17.3. The van der Waals surface area contributed by atoms with Crippen molar-refractivity contribution < 1.29 is 4.79 Å². The number of amides is 1. The summed E-state index contributed by atoms with van der Waals surface area (Å²) < 4.78 is 1.58. The molecule has 0 atom stereocenters. The molecule has 1 saturated heterocycles. The fourth-order valence-electron chi connectivity index (χ4n) is 4.96. The Bertz CT molecular complexity index is 1470. The second kappa shape index (κ2) is 9.10. The molecule has 0 saturated carbocycles. The summed E-state index contributed by atoms with van der Waals surface area (Å²) in [7, 11) is 0. The molecule has 1 aliphatic rings. The maximum absolute atomic E-state index is 13.7. The predicted molar refractivity (Wildman–Crippen MR) is 134 cm³/mol. The summed E-state index contributed by atoms with van der Waals surface area (Å²) in [6, 6.07) is 26.5. The minimum Gasteiger partial charge on any atom is -0.339 e. The third-order valence-electron chi connectivity index (χ3n) is 6.78. The zero-order valence-electron chi connectivity index (χ0n) is 19.2. The van der Waals surface area contributed by atoms with Crippen molar-refractivity contribution in [3.8, 4) is 16.8 Å². The van der Waals surface area contributed by atoms with E-state index in [0.29, 0.717) is 11.5 Å². The number of hydrogen-bond donors (Lipinski definition) is 0. The SMILES string of the molecule is O=C(c1cc(-c2cccc3cccnc23)cc(-n2cnnn2)c1)N1CCC(c2ccccc2)CC1. The lowest BCUT2D eigenvalue weighted by atomic mass is 9.89. The molecule has 0 radical (unpaired) electrons. The van der Waals surface area contributed by atoms with Gasteiger partial charge >= 0.3 is 0 Å². The Morgan fingerprint density at radius 1 is 0.886 bits per heavy atom. The summed E-state index contributed by atoms with van der Waals surface area (Å²) in [6.45, 7) is 1.47. The van der Waals surface area contributed by atoms with Crippen molar-refractivity contribution in [2.45, 2.75) is 18.8 Å².